The first kappa shape index (κ1) is 29.5. The largest absolute Gasteiger partial charge is 0.342 e. The molecule has 1 fully saturated rings. The van der Waals surface area contributed by atoms with E-state index in [1.807, 2.05) is 91.5 Å². The SMILES string of the molecule is CC(C)CC1(CC(=O)NO)C(=O)N(CCc2ccccc2)CC1CCN1C(=O)c2ccc3c(ccc4ccccc43)c2C1=O. The molecule has 2 aliphatic heterocycles. The lowest BCUT2D eigenvalue weighted by Crippen LogP contribution is -2.43. The van der Waals surface area contributed by atoms with Crippen LogP contribution in [0.4, 0.5) is 0 Å². The average Bonchev–Trinajstić information content (AvgIpc) is 3.42. The zero-order valence-corrected chi connectivity index (χ0v) is 25.1. The van der Waals surface area contributed by atoms with E-state index >= 15 is 0 Å². The number of nitrogens with zero attached hydrogens (tertiary/aromatic N) is 2. The number of likely N-dealkylation sites (tertiary alicyclic amines) is 1. The molecule has 2 aliphatic rings. The Balaban J connectivity index is 1.28. The van der Waals surface area contributed by atoms with Crippen molar-refractivity contribution < 1.29 is 24.4 Å². The molecule has 4 aromatic carbocycles. The second kappa shape index (κ2) is 11.8. The van der Waals surface area contributed by atoms with Crippen molar-refractivity contribution in [1.29, 1.82) is 0 Å². The van der Waals surface area contributed by atoms with E-state index in [-0.39, 0.29) is 42.5 Å². The van der Waals surface area contributed by atoms with Crippen LogP contribution in [0.25, 0.3) is 21.5 Å². The Kier molecular flexibility index (Phi) is 7.95. The summed E-state index contributed by atoms with van der Waals surface area (Å²) in [5.41, 5.74) is 2.59. The number of carbonyl (C=O) groups excluding carboxylic acids is 4. The first-order valence-corrected chi connectivity index (χ1v) is 15.3. The Hall–Kier alpha value is -4.56. The summed E-state index contributed by atoms with van der Waals surface area (Å²) in [7, 11) is 0. The van der Waals surface area contributed by atoms with E-state index in [1.54, 1.807) is 11.5 Å². The minimum Gasteiger partial charge on any atom is -0.342 e. The van der Waals surface area contributed by atoms with Crippen molar-refractivity contribution in [3.05, 3.63) is 95.6 Å². The molecule has 0 spiro atoms. The second-order valence-corrected chi connectivity index (χ2v) is 12.6. The Morgan fingerprint density at radius 3 is 2.36 bits per heavy atom. The minimum atomic E-state index is -1.05. The maximum Gasteiger partial charge on any atom is 0.262 e. The Labute approximate surface area is 256 Å². The Morgan fingerprint density at radius 1 is 0.886 bits per heavy atom. The quantitative estimate of drug-likeness (QED) is 0.108. The van der Waals surface area contributed by atoms with Crippen molar-refractivity contribution in [2.75, 3.05) is 19.6 Å². The van der Waals surface area contributed by atoms with Crippen LogP contribution >= 0.6 is 0 Å². The van der Waals surface area contributed by atoms with Gasteiger partial charge in [0.05, 0.1) is 16.5 Å². The number of rotatable bonds is 10. The van der Waals surface area contributed by atoms with E-state index in [2.05, 4.69) is 0 Å². The smallest absolute Gasteiger partial charge is 0.262 e. The Bertz CT molecular complexity index is 1770. The summed E-state index contributed by atoms with van der Waals surface area (Å²) in [5, 5.41) is 13.2. The number of fused-ring (bicyclic) bond motifs is 5. The van der Waals surface area contributed by atoms with Crippen LogP contribution in [0.15, 0.2) is 78.9 Å². The number of hydrogen-bond donors (Lipinski definition) is 2. The van der Waals surface area contributed by atoms with Crippen LogP contribution in [0, 0.1) is 17.3 Å². The third-order valence-corrected chi connectivity index (χ3v) is 9.38. The van der Waals surface area contributed by atoms with Crippen LogP contribution in [0.2, 0.25) is 0 Å². The zero-order chi connectivity index (χ0) is 31.0. The third-order valence-electron chi connectivity index (χ3n) is 9.38. The van der Waals surface area contributed by atoms with Crippen LogP contribution in [-0.2, 0) is 16.0 Å². The van der Waals surface area contributed by atoms with Crippen molar-refractivity contribution in [2.24, 2.45) is 17.3 Å². The summed E-state index contributed by atoms with van der Waals surface area (Å²) < 4.78 is 0. The molecule has 2 N–H and O–H groups in total. The second-order valence-electron chi connectivity index (χ2n) is 12.6. The maximum atomic E-state index is 14.1. The molecule has 2 unspecified atom stereocenters. The summed E-state index contributed by atoms with van der Waals surface area (Å²) in [6.45, 7) is 5.05. The molecule has 4 aromatic rings. The van der Waals surface area contributed by atoms with Gasteiger partial charge in [-0.15, -0.1) is 0 Å². The van der Waals surface area contributed by atoms with Crippen LogP contribution in [-0.4, -0.2) is 58.3 Å². The van der Waals surface area contributed by atoms with E-state index in [0.29, 0.717) is 43.5 Å². The highest BCUT2D eigenvalue weighted by Gasteiger charge is 2.54. The molecule has 8 heteroatoms. The molecule has 226 valence electrons. The van der Waals surface area contributed by atoms with Gasteiger partial charge in [-0.1, -0.05) is 86.6 Å². The molecular formula is C36H37N3O5. The van der Waals surface area contributed by atoms with Gasteiger partial charge in [0.1, 0.15) is 0 Å². The Morgan fingerprint density at radius 2 is 1.61 bits per heavy atom. The number of hydrogen-bond acceptors (Lipinski definition) is 5. The maximum absolute atomic E-state index is 14.1. The van der Waals surface area contributed by atoms with E-state index in [9.17, 15) is 24.4 Å². The van der Waals surface area contributed by atoms with E-state index < -0.39 is 11.3 Å². The molecule has 6 rings (SSSR count). The number of hydroxylamine groups is 1. The van der Waals surface area contributed by atoms with E-state index in [0.717, 1.165) is 27.1 Å². The highest BCUT2D eigenvalue weighted by atomic mass is 16.5. The molecule has 0 bridgehead atoms. The van der Waals surface area contributed by atoms with Gasteiger partial charge in [-0.25, -0.2) is 5.48 Å². The van der Waals surface area contributed by atoms with Gasteiger partial charge in [0.2, 0.25) is 11.8 Å². The topological polar surface area (TPSA) is 107 Å². The molecule has 2 atom stereocenters. The number of imide groups is 1. The monoisotopic (exact) mass is 591 g/mol. The van der Waals surface area contributed by atoms with Crippen molar-refractivity contribution in [3.63, 3.8) is 0 Å². The number of nitrogens with one attached hydrogen (secondary N) is 1. The van der Waals surface area contributed by atoms with Gasteiger partial charge in [0, 0.05) is 26.1 Å². The first-order valence-electron chi connectivity index (χ1n) is 15.3. The van der Waals surface area contributed by atoms with Gasteiger partial charge >= 0.3 is 0 Å². The highest BCUT2D eigenvalue weighted by Crippen LogP contribution is 2.47. The van der Waals surface area contributed by atoms with Crippen LogP contribution < -0.4 is 5.48 Å². The fraction of sp³-hybridized carbons (Fsp3) is 0.333. The van der Waals surface area contributed by atoms with Crippen molar-refractivity contribution in [1.82, 2.24) is 15.3 Å². The molecule has 8 nitrogen and oxygen atoms in total. The van der Waals surface area contributed by atoms with Crippen molar-refractivity contribution in [2.45, 2.75) is 39.5 Å². The average molecular weight is 592 g/mol. The number of carbonyl (C=O) groups is 4. The lowest BCUT2D eigenvalue weighted by Gasteiger charge is -2.34. The third kappa shape index (κ3) is 5.13. The molecular weight excluding hydrogens is 554 g/mol. The van der Waals surface area contributed by atoms with Gasteiger partial charge in [0.15, 0.2) is 0 Å². The zero-order valence-electron chi connectivity index (χ0n) is 25.1. The predicted octanol–water partition coefficient (Wildman–Crippen LogP) is 5.61. The standard InChI is InChI=1S/C36H37N3O5/c1-23(2)20-36(21-31(40)37-44)26(22-38(35(36)43)18-16-24-8-4-3-5-9-24)17-19-39-33(41)30-15-14-28-27-11-7-6-10-25(27)12-13-29(28)32(30)34(39)42/h3-15,23,26,44H,16-22H2,1-2H3,(H,37,40). The molecule has 0 aromatic heterocycles. The van der Waals surface area contributed by atoms with Gasteiger partial charge in [-0.05, 0) is 64.3 Å². The number of amides is 4. The lowest BCUT2D eigenvalue weighted by atomic mass is 9.68. The van der Waals surface area contributed by atoms with E-state index in [1.165, 1.54) is 4.90 Å². The molecule has 4 amide bonds. The molecule has 44 heavy (non-hydrogen) atoms. The fourth-order valence-electron chi connectivity index (χ4n) is 7.44. The minimum absolute atomic E-state index is 0.0995. The lowest BCUT2D eigenvalue weighted by molar-refractivity contribution is -0.144. The fourth-order valence-corrected chi connectivity index (χ4v) is 7.44. The highest BCUT2D eigenvalue weighted by molar-refractivity contribution is 6.28. The van der Waals surface area contributed by atoms with Gasteiger partial charge in [-0.2, -0.15) is 0 Å². The summed E-state index contributed by atoms with van der Waals surface area (Å²) in [6.07, 6.45) is 1.33. The summed E-state index contributed by atoms with van der Waals surface area (Å²) in [5.74, 6) is -1.60. The molecule has 2 heterocycles. The van der Waals surface area contributed by atoms with Gasteiger partial charge < -0.3 is 4.90 Å². The van der Waals surface area contributed by atoms with Crippen molar-refractivity contribution in [3.8, 4) is 0 Å². The summed E-state index contributed by atoms with van der Waals surface area (Å²) >= 11 is 0. The first-order chi connectivity index (χ1) is 21.2. The van der Waals surface area contributed by atoms with E-state index in [4.69, 9.17) is 0 Å². The predicted molar refractivity (Wildman–Crippen MR) is 168 cm³/mol. The van der Waals surface area contributed by atoms with Gasteiger partial charge in [0.25, 0.3) is 11.8 Å². The molecule has 0 aliphatic carbocycles. The molecule has 0 saturated carbocycles. The normalized spacial score (nSPS) is 19.9. The van der Waals surface area contributed by atoms with Crippen LogP contribution in [0.3, 0.4) is 0 Å². The molecule has 1 saturated heterocycles. The summed E-state index contributed by atoms with van der Waals surface area (Å²) in [4.78, 5) is 57.3. The number of benzene rings is 4. The summed E-state index contributed by atoms with van der Waals surface area (Å²) in [6, 6.07) is 25.4. The van der Waals surface area contributed by atoms with Crippen LogP contribution in [0.5, 0.6) is 0 Å². The molecule has 0 radical (unpaired) electrons. The van der Waals surface area contributed by atoms with Crippen molar-refractivity contribution >= 4 is 45.2 Å². The van der Waals surface area contributed by atoms with Crippen LogP contribution in [0.1, 0.15) is 59.4 Å². The van der Waals surface area contributed by atoms with Gasteiger partial charge in [-0.3, -0.25) is 29.3 Å².